The van der Waals surface area contributed by atoms with E-state index in [4.69, 9.17) is 32.2 Å². The maximum absolute atomic E-state index is 13.9. The summed E-state index contributed by atoms with van der Waals surface area (Å²) >= 11 is 0. The van der Waals surface area contributed by atoms with E-state index in [1.54, 1.807) is 19.2 Å². The van der Waals surface area contributed by atoms with Crippen LogP contribution in [0.5, 0.6) is 5.75 Å². The average Bonchev–Trinajstić information content (AvgIpc) is 3.11. The summed E-state index contributed by atoms with van der Waals surface area (Å²) in [5, 5.41) is 10.8. The second kappa shape index (κ2) is 19.0. The van der Waals surface area contributed by atoms with E-state index in [0.29, 0.717) is 18.4 Å². The van der Waals surface area contributed by atoms with Gasteiger partial charge in [0.25, 0.3) is 0 Å². The Balaban J connectivity index is 2.23. The van der Waals surface area contributed by atoms with E-state index < -0.39 is 60.9 Å². The standard InChI is InChI=1S/C46H80O9Si3/c1-32(53-56(14,15)43(2,3)4)37(54-57(16,17)44(5,6)7)29-36-30-38(51-42(50-36)34-25-27-35(49-13)28-26-34)39(55-58(18,19)45(8,9)10)40(46(11,12)31-47)52-41(48)33-23-21-20-22-24-33/h20-28,32,36-40,42,47H,29-31H2,1-19H3/t32-,36-,37-,38-,39+,40+,42-/m1/s1. The fourth-order valence-corrected chi connectivity index (χ4v) is 10.4. The van der Waals surface area contributed by atoms with Crippen molar-refractivity contribution in [1.82, 2.24) is 0 Å². The largest absolute Gasteiger partial charge is 0.497 e. The van der Waals surface area contributed by atoms with Crippen LogP contribution in [0.4, 0.5) is 0 Å². The number of benzene rings is 2. The quantitative estimate of drug-likeness (QED) is 0.123. The average molecular weight is 861 g/mol. The minimum atomic E-state index is -2.56. The molecule has 58 heavy (non-hydrogen) atoms. The highest BCUT2D eigenvalue weighted by atomic mass is 28.4. The third-order valence-corrected chi connectivity index (χ3v) is 26.9. The molecule has 9 nitrogen and oxygen atoms in total. The molecular weight excluding hydrogens is 781 g/mol. The summed E-state index contributed by atoms with van der Waals surface area (Å²) < 4.78 is 47.8. The number of esters is 1. The van der Waals surface area contributed by atoms with E-state index in [1.807, 2.05) is 56.3 Å². The van der Waals surface area contributed by atoms with Crippen molar-refractivity contribution in [2.75, 3.05) is 13.7 Å². The molecule has 7 atom stereocenters. The van der Waals surface area contributed by atoms with Gasteiger partial charge in [-0.1, -0.05) is 106 Å². The van der Waals surface area contributed by atoms with Crippen molar-refractivity contribution >= 4 is 30.9 Å². The summed E-state index contributed by atoms with van der Waals surface area (Å²) in [6, 6.07) is 16.7. The molecule has 0 bridgehead atoms. The molecule has 1 N–H and O–H groups in total. The van der Waals surface area contributed by atoms with Crippen LogP contribution in [0.3, 0.4) is 0 Å². The van der Waals surface area contributed by atoms with Gasteiger partial charge >= 0.3 is 5.97 Å². The molecule has 2 aromatic rings. The lowest BCUT2D eigenvalue weighted by Crippen LogP contribution is -2.59. The summed E-state index contributed by atoms with van der Waals surface area (Å²) in [6.45, 7) is 39.5. The molecule has 3 rings (SSSR count). The Morgan fingerprint density at radius 3 is 1.72 bits per heavy atom. The molecular formula is C46H80O9Si3. The van der Waals surface area contributed by atoms with Crippen LogP contribution in [0.2, 0.25) is 54.4 Å². The normalized spacial score (nSPS) is 21.2. The van der Waals surface area contributed by atoms with E-state index in [1.165, 1.54) is 0 Å². The first kappa shape index (κ1) is 50.5. The van der Waals surface area contributed by atoms with Gasteiger partial charge in [0, 0.05) is 23.8 Å². The number of hydrogen-bond donors (Lipinski definition) is 1. The molecule has 1 fully saturated rings. The predicted octanol–water partition coefficient (Wildman–Crippen LogP) is 11.7. The second-order valence-corrected chi connectivity index (χ2v) is 36.0. The third-order valence-electron chi connectivity index (χ3n) is 13.4. The van der Waals surface area contributed by atoms with Crippen molar-refractivity contribution in [3.8, 4) is 5.75 Å². The highest BCUT2D eigenvalue weighted by Crippen LogP contribution is 2.45. The van der Waals surface area contributed by atoms with E-state index >= 15 is 0 Å². The zero-order valence-corrected chi connectivity index (χ0v) is 42.6. The lowest BCUT2D eigenvalue weighted by molar-refractivity contribution is -0.278. The number of aliphatic hydroxyl groups excluding tert-OH is 1. The first-order valence-electron chi connectivity index (χ1n) is 21.2. The summed E-state index contributed by atoms with van der Waals surface area (Å²) in [4.78, 5) is 13.9. The summed E-state index contributed by atoms with van der Waals surface area (Å²) in [6.07, 6.45) is -2.81. The Kier molecular flexibility index (Phi) is 16.6. The van der Waals surface area contributed by atoms with Gasteiger partial charge in [-0.15, -0.1) is 0 Å². The Hall–Kier alpha value is -1.88. The lowest BCUT2D eigenvalue weighted by Gasteiger charge is -2.49. The van der Waals surface area contributed by atoms with Crippen molar-refractivity contribution < 1.29 is 42.1 Å². The lowest BCUT2D eigenvalue weighted by atomic mass is 9.81. The first-order valence-corrected chi connectivity index (χ1v) is 29.9. The van der Waals surface area contributed by atoms with Gasteiger partial charge in [0.1, 0.15) is 18.0 Å². The molecule has 12 heteroatoms. The third kappa shape index (κ3) is 12.8. The smallest absolute Gasteiger partial charge is 0.338 e. The van der Waals surface area contributed by atoms with E-state index in [9.17, 15) is 9.90 Å². The van der Waals surface area contributed by atoms with E-state index in [-0.39, 0.29) is 40.0 Å². The van der Waals surface area contributed by atoms with Crippen molar-refractivity contribution in [3.63, 3.8) is 0 Å². The first-order chi connectivity index (χ1) is 26.4. The minimum absolute atomic E-state index is 0.0164. The molecule has 330 valence electrons. The van der Waals surface area contributed by atoms with Crippen LogP contribution < -0.4 is 4.74 Å². The maximum atomic E-state index is 13.9. The number of hydrogen-bond acceptors (Lipinski definition) is 9. The molecule has 0 radical (unpaired) electrons. The highest BCUT2D eigenvalue weighted by Gasteiger charge is 2.52. The number of carbonyl (C=O) groups excluding carboxylic acids is 1. The molecule has 1 aliphatic heterocycles. The number of rotatable bonds is 17. The molecule has 0 aliphatic carbocycles. The fourth-order valence-electron chi connectivity index (χ4n) is 6.25. The molecule has 1 heterocycles. The Morgan fingerprint density at radius 2 is 1.24 bits per heavy atom. The highest BCUT2D eigenvalue weighted by molar-refractivity contribution is 6.75. The SMILES string of the molecule is COc1ccc([C@@H]2O[C@H](C[C@@H](O[Si](C)(C)C(C)(C)C)[C@@H](C)O[Si](C)(C)C(C)(C)C)C[C@H]([C@H](O[Si](C)(C)C(C)(C)C)[C@H](OC(=O)c3ccccc3)C(C)(C)CO)O2)cc1. The predicted molar refractivity (Wildman–Crippen MR) is 243 cm³/mol. The van der Waals surface area contributed by atoms with Crippen molar-refractivity contribution in [2.45, 2.75) is 193 Å². The van der Waals surface area contributed by atoms with Crippen LogP contribution in [-0.2, 0) is 27.5 Å². The van der Waals surface area contributed by atoms with Crippen molar-refractivity contribution in [1.29, 1.82) is 0 Å². The van der Waals surface area contributed by atoms with Gasteiger partial charge in [-0.2, -0.15) is 0 Å². The Bertz CT molecular complexity index is 1590. The number of methoxy groups -OCH3 is 1. The van der Waals surface area contributed by atoms with Gasteiger partial charge in [-0.3, -0.25) is 0 Å². The van der Waals surface area contributed by atoms with E-state index in [2.05, 4.69) is 109 Å². The van der Waals surface area contributed by atoms with Gasteiger partial charge < -0.3 is 37.3 Å². The number of ether oxygens (including phenoxy) is 4. The van der Waals surface area contributed by atoms with Crippen LogP contribution in [0.25, 0.3) is 0 Å². The van der Waals surface area contributed by atoms with Crippen molar-refractivity contribution in [2.24, 2.45) is 5.41 Å². The van der Waals surface area contributed by atoms with Crippen molar-refractivity contribution in [3.05, 3.63) is 65.7 Å². The molecule has 0 unspecified atom stereocenters. The topological polar surface area (TPSA) is 102 Å². The minimum Gasteiger partial charge on any atom is -0.497 e. The van der Waals surface area contributed by atoms with Crippen LogP contribution in [-0.4, -0.2) is 86.4 Å². The zero-order chi connectivity index (χ0) is 44.3. The van der Waals surface area contributed by atoms with Crippen LogP contribution in [0.1, 0.15) is 118 Å². The van der Waals surface area contributed by atoms with E-state index in [0.717, 1.165) is 11.3 Å². The molecule has 0 aromatic heterocycles. The maximum Gasteiger partial charge on any atom is 0.338 e. The van der Waals surface area contributed by atoms with Gasteiger partial charge in [0.15, 0.2) is 31.2 Å². The summed E-state index contributed by atoms with van der Waals surface area (Å²) in [5.41, 5.74) is 0.354. The molecule has 0 saturated carbocycles. The monoisotopic (exact) mass is 861 g/mol. The Morgan fingerprint density at radius 1 is 0.741 bits per heavy atom. The van der Waals surface area contributed by atoms with Crippen LogP contribution in [0.15, 0.2) is 54.6 Å². The van der Waals surface area contributed by atoms with Crippen LogP contribution >= 0.6 is 0 Å². The second-order valence-electron chi connectivity index (χ2n) is 21.7. The van der Waals surface area contributed by atoms with Gasteiger partial charge in [0.05, 0.1) is 43.7 Å². The molecule has 2 aromatic carbocycles. The molecule has 1 saturated heterocycles. The van der Waals surface area contributed by atoms with Crippen LogP contribution in [0, 0.1) is 5.41 Å². The summed E-state index contributed by atoms with van der Waals surface area (Å²) in [5.74, 6) is 0.245. The zero-order valence-electron chi connectivity index (χ0n) is 39.6. The summed E-state index contributed by atoms with van der Waals surface area (Å²) in [7, 11) is -5.39. The molecule has 0 spiro atoms. The Labute approximate surface area is 355 Å². The number of aliphatic hydroxyl groups is 1. The molecule has 1 aliphatic rings. The number of carbonyl (C=O) groups is 1. The molecule has 0 amide bonds. The van der Waals surface area contributed by atoms with Gasteiger partial charge in [-0.05, 0) is 85.6 Å². The van der Waals surface area contributed by atoms with Gasteiger partial charge in [-0.25, -0.2) is 4.79 Å². The fraction of sp³-hybridized carbons (Fsp3) is 0.717. The van der Waals surface area contributed by atoms with Gasteiger partial charge in [0.2, 0.25) is 0 Å².